The molecule has 0 saturated heterocycles. The Morgan fingerprint density at radius 1 is 1.33 bits per heavy atom. The van der Waals surface area contributed by atoms with E-state index >= 15 is 0 Å². The highest BCUT2D eigenvalue weighted by Crippen LogP contribution is 2.61. The van der Waals surface area contributed by atoms with Crippen LogP contribution in [-0.2, 0) is 0 Å². The van der Waals surface area contributed by atoms with Crippen LogP contribution < -0.4 is 0 Å². The summed E-state index contributed by atoms with van der Waals surface area (Å²) in [5.41, 5.74) is 0.144. The minimum atomic E-state index is 0.144. The molecule has 4 atom stereocenters. The molecule has 0 radical (unpaired) electrons. The van der Waals surface area contributed by atoms with Gasteiger partial charge in [-0.2, -0.15) is 0 Å². The van der Waals surface area contributed by atoms with Crippen LogP contribution >= 0.6 is 0 Å². The van der Waals surface area contributed by atoms with Crippen LogP contribution in [0, 0.1) is 23.2 Å². The Kier molecular flexibility index (Phi) is 1.92. The van der Waals surface area contributed by atoms with E-state index in [9.17, 15) is 5.11 Å². The standard InChI is InChI=1S/C10H18O2/c1-10(6-12)8-3-2-7(5-11)9(10)4-8/h7-9,11-12H,2-6H2,1H3/t7-,8-,9-,10+/m0/s1. The average Bonchev–Trinajstić information content (AvgIpc) is 2.16. The lowest BCUT2D eigenvalue weighted by atomic mass is 9.45. The molecule has 0 heterocycles. The number of fused-ring (bicyclic) bond motifs is 2. The summed E-state index contributed by atoms with van der Waals surface area (Å²) in [7, 11) is 0. The Balaban J connectivity index is 2.11. The highest BCUT2D eigenvalue weighted by molar-refractivity contribution is 5.05. The van der Waals surface area contributed by atoms with Crippen LogP contribution in [0.3, 0.4) is 0 Å². The fourth-order valence-corrected chi connectivity index (χ4v) is 3.25. The lowest BCUT2D eigenvalue weighted by Gasteiger charge is -2.60. The maximum Gasteiger partial charge on any atom is 0.0490 e. The monoisotopic (exact) mass is 170 g/mol. The number of aliphatic hydroxyl groups is 2. The zero-order chi connectivity index (χ0) is 8.77. The van der Waals surface area contributed by atoms with Crippen LogP contribution in [0.15, 0.2) is 0 Å². The molecule has 0 aromatic carbocycles. The van der Waals surface area contributed by atoms with Crippen molar-refractivity contribution >= 4 is 0 Å². The molecule has 0 aromatic heterocycles. The van der Waals surface area contributed by atoms with Gasteiger partial charge in [0.25, 0.3) is 0 Å². The smallest absolute Gasteiger partial charge is 0.0490 e. The first kappa shape index (κ1) is 8.52. The van der Waals surface area contributed by atoms with Crippen molar-refractivity contribution in [2.45, 2.75) is 26.2 Å². The predicted octanol–water partition coefficient (Wildman–Crippen LogP) is 1.02. The predicted molar refractivity (Wildman–Crippen MR) is 46.6 cm³/mol. The molecule has 0 amide bonds. The molecule has 3 saturated carbocycles. The van der Waals surface area contributed by atoms with Crippen molar-refractivity contribution < 1.29 is 10.2 Å². The van der Waals surface area contributed by atoms with Crippen molar-refractivity contribution in [3.8, 4) is 0 Å². The third-order valence-corrected chi connectivity index (χ3v) is 4.35. The quantitative estimate of drug-likeness (QED) is 0.649. The molecule has 3 fully saturated rings. The first-order valence-electron chi connectivity index (χ1n) is 4.94. The first-order chi connectivity index (χ1) is 5.72. The molecule has 3 rings (SSSR count). The van der Waals surface area contributed by atoms with E-state index < -0.39 is 0 Å². The summed E-state index contributed by atoms with van der Waals surface area (Å²) in [5, 5.41) is 18.4. The Hall–Kier alpha value is -0.0800. The van der Waals surface area contributed by atoms with E-state index in [2.05, 4.69) is 6.92 Å². The fraction of sp³-hybridized carbons (Fsp3) is 1.00. The summed E-state index contributed by atoms with van der Waals surface area (Å²) in [4.78, 5) is 0. The third kappa shape index (κ3) is 0.882. The lowest BCUT2D eigenvalue weighted by molar-refractivity contribution is -0.152. The van der Waals surface area contributed by atoms with Gasteiger partial charge in [-0.05, 0) is 42.4 Å². The minimum absolute atomic E-state index is 0.144. The van der Waals surface area contributed by atoms with Crippen molar-refractivity contribution in [3.63, 3.8) is 0 Å². The zero-order valence-corrected chi connectivity index (χ0v) is 7.66. The largest absolute Gasteiger partial charge is 0.396 e. The van der Waals surface area contributed by atoms with Gasteiger partial charge in [0.15, 0.2) is 0 Å². The molecule has 0 unspecified atom stereocenters. The molecule has 2 bridgehead atoms. The van der Waals surface area contributed by atoms with E-state index in [-0.39, 0.29) is 5.41 Å². The number of aliphatic hydroxyl groups excluding tert-OH is 2. The maximum atomic E-state index is 9.28. The van der Waals surface area contributed by atoms with Crippen molar-refractivity contribution in [1.82, 2.24) is 0 Å². The van der Waals surface area contributed by atoms with Crippen LogP contribution in [0.25, 0.3) is 0 Å². The molecule has 0 aliphatic heterocycles. The van der Waals surface area contributed by atoms with Crippen molar-refractivity contribution in [3.05, 3.63) is 0 Å². The second-order valence-electron chi connectivity index (χ2n) is 4.72. The fourth-order valence-electron chi connectivity index (χ4n) is 3.25. The number of hydrogen-bond donors (Lipinski definition) is 2. The second kappa shape index (κ2) is 2.71. The van der Waals surface area contributed by atoms with Crippen LogP contribution in [0.5, 0.6) is 0 Å². The average molecular weight is 170 g/mol. The summed E-state index contributed by atoms with van der Waals surface area (Å²) >= 11 is 0. The second-order valence-corrected chi connectivity index (χ2v) is 4.72. The number of rotatable bonds is 2. The number of hydrogen-bond acceptors (Lipinski definition) is 2. The lowest BCUT2D eigenvalue weighted by Crippen LogP contribution is -2.56. The molecule has 2 nitrogen and oxygen atoms in total. The molecule has 0 spiro atoms. The van der Waals surface area contributed by atoms with Gasteiger partial charge in [0, 0.05) is 13.2 Å². The molecule has 2 N–H and O–H groups in total. The van der Waals surface area contributed by atoms with Gasteiger partial charge in [-0.25, -0.2) is 0 Å². The van der Waals surface area contributed by atoms with Crippen molar-refractivity contribution in [1.29, 1.82) is 0 Å². The van der Waals surface area contributed by atoms with Gasteiger partial charge < -0.3 is 10.2 Å². The van der Waals surface area contributed by atoms with Gasteiger partial charge in [0.1, 0.15) is 0 Å². The van der Waals surface area contributed by atoms with E-state index in [4.69, 9.17) is 5.11 Å². The Labute approximate surface area is 73.6 Å². The highest BCUT2D eigenvalue weighted by atomic mass is 16.3. The van der Waals surface area contributed by atoms with Gasteiger partial charge in [-0.1, -0.05) is 6.92 Å². The zero-order valence-electron chi connectivity index (χ0n) is 7.66. The molecule has 2 heteroatoms. The van der Waals surface area contributed by atoms with Crippen molar-refractivity contribution in [2.24, 2.45) is 23.2 Å². The summed E-state index contributed by atoms with van der Waals surface area (Å²) in [6.45, 7) is 2.79. The van der Waals surface area contributed by atoms with E-state index in [1.165, 1.54) is 19.3 Å². The third-order valence-electron chi connectivity index (χ3n) is 4.35. The van der Waals surface area contributed by atoms with E-state index in [0.29, 0.717) is 25.0 Å². The molecule has 3 aliphatic rings. The molecular formula is C10H18O2. The molecule has 70 valence electrons. The van der Waals surface area contributed by atoms with Crippen LogP contribution in [0.4, 0.5) is 0 Å². The topological polar surface area (TPSA) is 40.5 Å². The van der Waals surface area contributed by atoms with Gasteiger partial charge >= 0.3 is 0 Å². The van der Waals surface area contributed by atoms with Gasteiger partial charge in [0.05, 0.1) is 0 Å². The van der Waals surface area contributed by atoms with Gasteiger partial charge in [0.2, 0.25) is 0 Å². The maximum absolute atomic E-state index is 9.28. The molecule has 3 aliphatic carbocycles. The minimum Gasteiger partial charge on any atom is -0.396 e. The first-order valence-corrected chi connectivity index (χ1v) is 4.94. The van der Waals surface area contributed by atoms with E-state index in [1.54, 1.807) is 0 Å². The van der Waals surface area contributed by atoms with Crippen LogP contribution in [0.2, 0.25) is 0 Å². The van der Waals surface area contributed by atoms with E-state index in [1.807, 2.05) is 0 Å². The molecular weight excluding hydrogens is 152 g/mol. The van der Waals surface area contributed by atoms with E-state index in [0.717, 1.165) is 5.92 Å². The van der Waals surface area contributed by atoms with Crippen molar-refractivity contribution in [2.75, 3.05) is 13.2 Å². The SMILES string of the molecule is C[C@@]1(CO)[C@H]2CC[C@@H](CO)[C@@H]1C2. The summed E-state index contributed by atoms with van der Waals surface area (Å²) < 4.78 is 0. The normalized spacial score (nSPS) is 51.8. The molecule has 12 heavy (non-hydrogen) atoms. The van der Waals surface area contributed by atoms with Gasteiger partial charge in [-0.15, -0.1) is 0 Å². The van der Waals surface area contributed by atoms with Crippen LogP contribution in [0.1, 0.15) is 26.2 Å². The highest BCUT2D eigenvalue weighted by Gasteiger charge is 2.56. The Morgan fingerprint density at radius 2 is 2.08 bits per heavy atom. The Morgan fingerprint density at radius 3 is 2.58 bits per heavy atom. The van der Waals surface area contributed by atoms with Crippen LogP contribution in [-0.4, -0.2) is 23.4 Å². The summed E-state index contributed by atoms with van der Waals surface area (Å²) in [6, 6.07) is 0. The molecule has 0 aromatic rings. The van der Waals surface area contributed by atoms with Gasteiger partial charge in [-0.3, -0.25) is 0 Å². The summed E-state index contributed by atoms with van der Waals surface area (Å²) in [6.07, 6.45) is 3.61. The Bertz CT molecular complexity index is 179. The summed E-state index contributed by atoms with van der Waals surface area (Å²) in [5.74, 6) is 1.79.